The lowest BCUT2D eigenvalue weighted by Crippen LogP contribution is -2.48. The van der Waals surface area contributed by atoms with Crippen LogP contribution < -0.4 is 19.5 Å². The second kappa shape index (κ2) is 14.2. The van der Waals surface area contributed by atoms with Gasteiger partial charge in [0.25, 0.3) is 5.91 Å². The molecule has 1 saturated heterocycles. The molecule has 11 heteroatoms. The molecule has 11 nitrogen and oxygen atoms in total. The standard InChI is InChI=1S/C30H37N3O8/c1-30(2,3)41-29(35)32-15-12-23(13-16-32)31-28(34)20-40-24-10-7-21(8-11-24)6-9-22-18-25(38-4)19-27(39-5)26(22)14-17-33(36)37/h6-11,14,17-19,23H,12-13,15-16,20H2,1-5H3,(H,31,34)/b9-6+,17-14+. The first-order chi connectivity index (χ1) is 19.5. The van der Waals surface area contributed by atoms with Gasteiger partial charge in [-0.3, -0.25) is 14.9 Å². The molecule has 1 N–H and O–H groups in total. The Morgan fingerprint density at radius 3 is 2.29 bits per heavy atom. The smallest absolute Gasteiger partial charge is 0.410 e. The van der Waals surface area contributed by atoms with Gasteiger partial charge < -0.3 is 29.2 Å². The number of nitrogens with zero attached hydrogens (tertiary/aromatic N) is 2. The molecule has 2 aromatic carbocycles. The van der Waals surface area contributed by atoms with E-state index in [0.717, 1.165) is 11.8 Å². The van der Waals surface area contributed by atoms with E-state index in [1.165, 1.54) is 20.3 Å². The molecule has 0 aliphatic carbocycles. The highest BCUT2D eigenvalue weighted by Crippen LogP contribution is 2.31. The Balaban J connectivity index is 1.53. The van der Waals surface area contributed by atoms with Crippen LogP contribution in [0, 0.1) is 10.1 Å². The van der Waals surface area contributed by atoms with Gasteiger partial charge in [0.2, 0.25) is 6.20 Å². The first-order valence-corrected chi connectivity index (χ1v) is 13.2. The van der Waals surface area contributed by atoms with E-state index in [1.54, 1.807) is 29.2 Å². The summed E-state index contributed by atoms with van der Waals surface area (Å²) in [5.41, 5.74) is 1.53. The van der Waals surface area contributed by atoms with E-state index in [4.69, 9.17) is 18.9 Å². The SMILES string of the molecule is COc1cc(/C=C/c2ccc(OCC(=O)NC3CCN(C(=O)OC(C)(C)C)CC3)cc2)c(/C=C/[N+](=O)[O-])c(OC)c1. The van der Waals surface area contributed by atoms with Gasteiger partial charge in [0.05, 0.1) is 19.1 Å². The third-order valence-corrected chi connectivity index (χ3v) is 6.18. The minimum atomic E-state index is -0.542. The molecule has 0 unspecified atom stereocenters. The summed E-state index contributed by atoms with van der Waals surface area (Å²) in [6.07, 6.45) is 6.85. The van der Waals surface area contributed by atoms with Gasteiger partial charge in [0.15, 0.2) is 6.61 Å². The Kier molecular flexibility index (Phi) is 10.7. The Morgan fingerprint density at radius 1 is 1.02 bits per heavy atom. The van der Waals surface area contributed by atoms with Crippen molar-refractivity contribution in [2.24, 2.45) is 0 Å². The van der Waals surface area contributed by atoms with Crippen LogP contribution in [0.4, 0.5) is 4.79 Å². The molecule has 0 spiro atoms. The van der Waals surface area contributed by atoms with Crippen LogP contribution in [0.3, 0.4) is 0 Å². The number of amides is 2. The van der Waals surface area contributed by atoms with Crippen molar-refractivity contribution in [2.45, 2.75) is 45.3 Å². The van der Waals surface area contributed by atoms with Gasteiger partial charge in [-0.2, -0.15) is 0 Å². The predicted octanol–water partition coefficient (Wildman–Crippen LogP) is 5.02. The molecule has 2 aromatic rings. The minimum absolute atomic E-state index is 0.0300. The van der Waals surface area contributed by atoms with Crippen molar-refractivity contribution in [2.75, 3.05) is 33.9 Å². The fourth-order valence-electron chi connectivity index (χ4n) is 4.17. The lowest BCUT2D eigenvalue weighted by Gasteiger charge is -2.33. The molecular formula is C30H37N3O8. The van der Waals surface area contributed by atoms with Gasteiger partial charge in [-0.25, -0.2) is 4.79 Å². The Morgan fingerprint density at radius 2 is 1.71 bits per heavy atom. The normalized spacial score (nSPS) is 14.2. The molecule has 1 heterocycles. The van der Waals surface area contributed by atoms with Crippen LogP contribution in [0.1, 0.15) is 50.3 Å². The van der Waals surface area contributed by atoms with Crippen LogP contribution in [0.5, 0.6) is 17.2 Å². The maximum Gasteiger partial charge on any atom is 0.410 e. The topological polar surface area (TPSA) is 129 Å². The van der Waals surface area contributed by atoms with Gasteiger partial charge in [-0.05, 0) is 62.9 Å². The van der Waals surface area contributed by atoms with Gasteiger partial charge >= 0.3 is 6.09 Å². The van der Waals surface area contributed by atoms with Crippen LogP contribution in [-0.4, -0.2) is 67.4 Å². The number of carbonyl (C=O) groups excluding carboxylic acids is 2. The molecule has 3 rings (SSSR count). The van der Waals surface area contributed by atoms with E-state index in [0.29, 0.717) is 54.3 Å². The molecule has 1 fully saturated rings. The summed E-state index contributed by atoms with van der Waals surface area (Å²) in [5.74, 6) is 1.30. The molecule has 0 radical (unpaired) electrons. The largest absolute Gasteiger partial charge is 0.497 e. The monoisotopic (exact) mass is 567 g/mol. The van der Waals surface area contributed by atoms with Crippen molar-refractivity contribution in [1.82, 2.24) is 10.2 Å². The summed E-state index contributed by atoms with van der Waals surface area (Å²) in [6.45, 7) is 6.41. The third-order valence-electron chi connectivity index (χ3n) is 6.18. The van der Waals surface area contributed by atoms with Crippen LogP contribution in [0.25, 0.3) is 18.2 Å². The zero-order valence-electron chi connectivity index (χ0n) is 24.0. The Hall–Kier alpha value is -4.54. The molecular weight excluding hydrogens is 530 g/mol. The number of hydrogen-bond donors (Lipinski definition) is 1. The average Bonchev–Trinajstić information content (AvgIpc) is 2.93. The van der Waals surface area contributed by atoms with Gasteiger partial charge in [-0.1, -0.05) is 24.3 Å². The second-order valence-electron chi connectivity index (χ2n) is 10.4. The third kappa shape index (κ3) is 9.86. The Labute approximate surface area is 239 Å². The molecule has 2 amide bonds. The van der Waals surface area contributed by atoms with E-state index in [2.05, 4.69) is 5.32 Å². The molecule has 0 atom stereocenters. The van der Waals surface area contributed by atoms with Crippen LogP contribution >= 0.6 is 0 Å². The fraction of sp³-hybridized carbons (Fsp3) is 0.400. The number of carbonyl (C=O) groups is 2. The molecule has 0 aromatic heterocycles. The first-order valence-electron chi connectivity index (χ1n) is 13.2. The van der Waals surface area contributed by atoms with E-state index >= 15 is 0 Å². The summed E-state index contributed by atoms with van der Waals surface area (Å²) < 4.78 is 21.8. The molecule has 41 heavy (non-hydrogen) atoms. The van der Waals surface area contributed by atoms with Crippen molar-refractivity contribution in [3.8, 4) is 17.2 Å². The van der Waals surface area contributed by atoms with Crippen molar-refractivity contribution in [3.63, 3.8) is 0 Å². The quantitative estimate of drug-likeness (QED) is 0.241. The number of ether oxygens (including phenoxy) is 4. The highest BCUT2D eigenvalue weighted by Gasteiger charge is 2.27. The zero-order chi connectivity index (χ0) is 30.0. The van der Waals surface area contributed by atoms with Crippen LogP contribution in [0.15, 0.2) is 42.6 Å². The lowest BCUT2D eigenvalue weighted by molar-refractivity contribution is -0.400. The maximum atomic E-state index is 12.4. The minimum Gasteiger partial charge on any atom is -0.497 e. The number of piperidine rings is 1. The number of nitro groups is 1. The lowest BCUT2D eigenvalue weighted by atomic mass is 10.0. The summed E-state index contributed by atoms with van der Waals surface area (Å²) in [6, 6.07) is 10.6. The van der Waals surface area contributed by atoms with Crippen molar-refractivity contribution in [3.05, 3.63) is 69.4 Å². The van der Waals surface area contributed by atoms with E-state index in [1.807, 2.05) is 45.1 Å². The zero-order valence-corrected chi connectivity index (χ0v) is 24.0. The van der Waals surface area contributed by atoms with E-state index < -0.39 is 10.5 Å². The predicted molar refractivity (Wildman–Crippen MR) is 155 cm³/mol. The highest BCUT2D eigenvalue weighted by atomic mass is 16.6. The molecule has 0 saturated carbocycles. The summed E-state index contributed by atoms with van der Waals surface area (Å²) >= 11 is 0. The van der Waals surface area contributed by atoms with E-state index in [9.17, 15) is 19.7 Å². The number of rotatable bonds is 10. The van der Waals surface area contributed by atoms with Gasteiger partial charge in [0, 0.05) is 36.8 Å². The average molecular weight is 568 g/mol. The van der Waals surface area contributed by atoms with Gasteiger partial charge in [-0.15, -0.1) is 0 Å². The van der Waals surface area contributed by atoms with Crippen LogP contribution in [-0.2, 0) is 9.53 Å². The summed E-state index contributed by atoms with van der Waals surface area (Å²) in [4.78, 5) is 36.6. The fourth-order valence-corrected chi connectivity index (χ4v) is 4.17. The van der Waals surface area contributed by atoms with Crippen molar-refractivity contribution < 1.29 is 33.5 Å². The van der Waals surface area contributed by atoms with E-state index in [-0.39, 0.29) is 24.6 Å². The highest BCUT2D eigenvalue weighted by molar-refractivity contribution is 5.79. The molecule has 1 aliphatic rings. The number of nitrogens with one attached hydrogen (secondary N) is 1. The number of benzene rings is 2. The van der Waals surface area contributed by atoms with Gasteiger partial charge in [0.1, 0.15) is 22.8 Å². The second-order valence-corrected chi connectivity index (χ2v) is 10.4. The van der Waals surface area contributed by atoms with Crippen LogP contribution in [0.2, 0.25) is 0 Å². The molecule has 220 valence electrons. The number of likely N-dealkylation sites (tertiary alicyclic amines) is 1. The van der Waals surface area contributed by atoms with Crippen molar-refractivity contribution >= 4 is 30.2 Å². The Bertz CT molecular complexity index is 1270. The molecule has 1 aliphatic heterocycles. The van der Waals surface area contributed by atoms with Crippen molar-refractivity contribution in [1.29, 1.82) is 0 Å². The summed E-state index contributed by atoms with van der Waals surface area (Å²) in [5, 5.41) is 13.8. The summed E-state index contributed by atoms with van der Waals surface area (Å²) in [7, 11) is 3.02. The first kappa shape index (κ1) is 31.0. The number of hydrogen-bond acceptors (Lipinski definition) is 8. The molecule has 0 bridgehead atoms. The number of methoxy groups -OCH3 is 2. The maximum absolute atomic E-state index is 12.4.